The van der Waals surface area contributed by atoms with Crippen LogP contribution < -0.4 is 4.74 Å². The fourth-order valence-electron chi connectivity index (χ4n) is 2.99. The smallest absolute Gasteiger partial charge is 0.466 e. The number of hydrogen-bond acceptors (Lipinski definition) is 3. The first-order valence-electron chi connectivity index (χ1n) is 7.84. The van der Waals surface area contributed by atoms with Crippen molar-refractivity contribution in [2.75, 3.05) is 7.11 Å². The lowest BCUT2D eigenvalue weighted by Gasteiger charge is -2.32. The minimum Gasteiger partial charge on any atom is -0.497 e. The van der Waals surface area contributed by atoms with E-state index in [1.807, 2.05) is 6.07 Å². The van der Waals surface area contributed by atoms with Crippen LogP contribution in [-0.2, 0) is 9.31 Å². The Bertz CT molecular complexity index is 507. The summed E-state index contributed by atoms with van der Waals surface area (Å²) in [5, 5.41) is 0. The second kappa shape index (κ2) is 5.03. The first-order valence-corrected chi connectivity index (χ1v) is 7.84. The van der Waals surface area contributed by atoms with Gasteiger partial charge in [0.1, 0.15) is 5.75 Å². The molecule has 3 rings (SSSR count). The summed E-state index contributed by atoms with van der Waals surface area (Å²) in [6, 6.07) is 8.32. The van der Waals surface area contributed by atoms with Crippen LogP contribution in [0.3, 0.4) is 0 Å². The number of ether oxygens (including phenoxy) is 1. The molecule has 4 heteroatoms. The Kier molecular flexibility index (Phi) is 3.57. The van der Waals surface area contributed by atoms with Crippen LogP contribution in [0.15, 0.2) is 24.3 Å². The summed E-state index contributed by atoms with van der Waals surface area (Å²) in [7, 11) is 1.54. The van der Waals surface area contributed by atoms with Crippen molar-refractivity contribution in [2.45, 2.75) is 57.6 Å². The van der Waals surface area contributed by atoms with Gasteiger partial charge in [-0.1, -0.05) is 25.0 Å². The van der Waals surface area contributed by atoms with Gasteiger partial charge in [0.05, 0.1) is 18.3 Å². The monoisotopic (exact) mass is 288 g/mol. The zero-order valence-electron chi connectivity index (χ0n) is 13.7. The molecule has 3 nitrogen and oxygen atoms in total. The van der Waals surface area contributed by atoms with Gasteiger partial charge in [-0.15, -0.1) is 0 Å². The third kappa shape index (κ3) is 2.71. The summed E-state index contributed by atoms with van der Waals surface area (Å²) in [6.07, 6.45) is 2.51. The van der Waals surface area contributed by atoms with E-state index in [0.29, 0.717) is 11.7 Å². The van der Waals surface area contributed by atoms with Gasteiger partial charge in [0.2, 0.25) is 0 Å². The standard InChI is InChI=1S/C17H25BO3/c1-16(2)17(3,4)21-18(20-16)15(12-9-10-12)13-7-6-8-14(11-13)19-5/h6-8,11-12,15H,9-10H2,1-5H3. The average Bonchev–Trinajstić information content (AvgIpc) is 3.19. The van der Waals surface area contributed by atoms with E-state index >= 15 is 0 Å². The minimum absolute atomic E-state index is 0.172. The molecule has 0 bridgehead atoms. The molecule has 1 heterocycles. The highest BCUT2D eigenvalue weighted by molar-refractivity contribution is 6.47. The molecule has 0 radical (unpaired) electrons. The highest BCUT2D eigenvalue weighted by atomic mass is 16.7. The summed E-state index contributed by atoms with van der Waals surface area (Å²) in [5.74, 6) is 1.85. The minimum atomic E-state index is -0.274. The Morgan fingerprint density at radius 2 is 1.76 bits per heavy atom. The second-order valence-electron chi connectivity index (χ2n) is 7.26. The van der Waals surface area contributed by atoms with Crippen LogP contribution in [0.5, 0.6) is 5.75 Å². The lowest BCUT2D eigenvalue weighted by Crippen LogP contribution is -2.41. The molecule has 1 aliphatic heterocycles. The van der Waals surface area contributed by atoms with Crippen molar-refractivity contribution in [2.24, 2.45) is 5.92 Å². The molecule has 2 fully saturated rings. The largest absolute Gasteiger partial charge is 0.497 e. The van der Waals surface area contributed by atoms with Gasteiger partial charge in [-0.05, 0) is 51.3 Å². The molecule has 0 amide bonds. The van der Waals surface area contributed by atoms with E-state index in [1.165, 1.54) is 18.4 Å². The van der Waals surface area contributed by atoms with E-state index in [0.717, 1.165) is 5.75 Å². The summed E-state index contributed by atoms with van der Waals surface area (Å²) >= 11 is 0. The third-order valence-corrected chi connectivity index (χ3v) is 5.17. The van der Waals surface area contributed by atoms with E-state index in [4.69, 9.17) is 14.0 Å². The Hall–Kier alpha value is -0.995. The van der Waals surface area contributed by atoms with Gasteiger partial charge >= 0.3 is 7.12 Å². The number of benzene rings is 1. The zero-order chi connectivity index (χ0) is 15.3. The molecule has 1 aliphatic carbocycles. The van der Waals surface area contributed by atoms with E-state index < -0.39 is 0 Å². The van der Waals surface area contributed by atoms with Crippen molar-refractivity contribution in [1.82, 2.24) is 0 Å². The van der Waals surface area contributed by atoms with Gasteiger partial charge in [-0.25, -0.2) is 0 Å². The lowest BCUT2D eigenvalue weighted by molar-refractivity contribution is 0.00578. The predicted octanol–water partition coefficient (Wildman–Crippen LogP) is 3.82. The van der Waals surface area contributed by atoms with Gasteiger partial charge in [0.15, 0.2) is 0 Å². The molecular formula is C17H25BO3. The van der Waals surface area contributed by atoms with Crippen LogP contribution in [0.1, 0.15) is 51.9 Å². The summed E-state index contributed by atoms with van der Waals surface area (Å²) in [5.41, 5.74) is 0.711. The lowest BCUT2D eigenvalue weighted by atomic mass is 9.65. The SMILES string of the molecule is COc1cccc(C(B2OC(C)(C)C(C)(C)O2)C2CC2)c1. The molecule has 114 valence electrons. The average molecular weight is 288 g/mol. The van der Waals surface area contributed by atoms with Gasteiger partial charge in [0.25, 0.3) is 0 Å². The first kappa shape index (κ1) is 14.9. The summed E-state index contributed by atoms with van der Waals surface area (Å²) in [6.45, 7) is 8.45. The normalized spacial score (nSPS) is 24.9. The van der Waals surface area contributed by atoms with Crippen molar-refractivity contribution in [3.63, 3.8) is 0 Å². The maximum atomic E-state index is 6.29. The number of methoxy groups -OCH3 is 1. The Labute approximate surface area is 128 Å². The fourth-order valence-corrected chi connectivity index (χ4v) is 2.99. The van der Waals surface area contributed by atoms with Crippen LogP contribution in [0.4, 0.5) is 0 Å². The molecule has 0 N–H and O–H groups in total. The molecule has 0 spiro atoms. The molecule has 1 atom stereocenters. The third-order valence-electron chi connectivity index (χ3n) is 5.17. The molecule has 0 aromatic heterocycles. The Morgan fingerprint density at radius 3 is 2.29 bits per heavy atom. The van der Waals surface area contributed by atoms with Crippen molar-refractivity contribution >= 4 is 7.12 Å². The van der Waals surface area contributed by atoms with Crippen molar-refractivity contribution < 1.29 is 14.0 Å². The van der Waals surface area contributed by atoms with E-state index in [2.05, 4.69) is 45.9 Å². The van der Waals surface area contributed by atoms with E-state index in [9.17, 15) is 0 Å². The second-order valence-corrected chi connectivity index (χ2v) is 7.26. The van der Waals surface area contributed by atoms with Gasteiger partial charge in [-0.3, -0.25) is 0 Å². The number of hydrogen-bond donors (Lipinski definition) is 0. The molecular weight excluding hydrogens is 263 g/mol. The fraction of sp³-hybridized carbons (Fsp3) is 0.647. The van der Waals surface area contributed by atoms with Crippen LogP contribution in [0.2, 0.25) is 0 Å². The molecule has 1 unspecified atom stereocenters. The van der Waals surface area contributed by atoms with E-state index in [-0.39, 0.29) is 18.3 Å². The highest BCUT2D eigenvalue weighted by Crippen LogP contribution is 2.49. The number of rotatable bonds is 4. The molecule has 1 aromatic rings. The van der Waals surface area contributed by atoms with Gasteiger partial charge in [0, 0.05) is 5.82 Å². The van der Waals surface area contributed by atoms with Crippen LogP contribution in [0.25, 0.3) is 0 Å². The molecule has 21 heavy (non-hydrogen) atoms. The quantitative estimate of drug-likeness (QED) is 0.788. The van der Waals surface area contributed by atoms with E-state index in [1.54, 1.807) is 7.11 Å². The maximum Gasteiger partial charge on any atom is 0.466 e. The predicted molar refractivity (Wildman–Crippen MR) is 84.5 cm³/mol. The van der Waals surface area contributed by atoms with Crippen LogP contribution in [0, 0.1) is 5.92 Å². The maximum absolute atomic E-state index is 6.29. The summed E-state index contributed by atoms with van der Waals surface area (Å²) < 4.78 is 18.0. The Balaban J connectivity index is 1.89. The van der Waals surface area contributed by atoms with Crippen LogP contribution in [-0.4, -0.2) is 25.4 Å². The first-order chi connectivity index (χ1) is 9.84. The highest BCUT2D eigenvalue weighted by Gasteiger charge is 2.56. The van der Waals surface area contributed by atoms with Crippen molar-refractivity contribution in [3.8, 4) is 5.75 Å². The molecule has 2 aliphatic rings. The molecule has 1 saturated heterocycles. The van der Waals surface area contributed by atoms with Crippen molar-refractivity contribution in [3.05, 3.63) is 29.8 Å². The van der Waals surface area contributed by atoms with Crippen molar-refractivity contribution in [1.29, 1.82) is 0 Å². The summed E-state index contributed by atoms with van der Waals surface area (Å²) in [4.78, 5) is 0. The van der Waals surface area contributed by atoms with Gasteiger partial charge in [-0.2, -0.15) is 0 Å². The zero-order valence-corrected chi connectivity index (χ0v) is 13.7. The van der Waals surface area contributed by atoms with Crippen LogP contribution >= 0.6 is 0 Å². The molecule has 1 aromatic carbocycles. The van der Waals surface area contributed by atoms with Gasteiger partial charge < -0.3 is 14.0 Å². The molecule has 1 saturated carbocycles. The topological polar surface area (TPSA) is 27.7 Å². The Morgan fingerprint density at radius 1 is 1.14 bits per heavy atom.